The highest BCUT2D eigenvalue weighted by Crippen LogP contribution is 2.22. The van der Waals surface area contributed by atoms with Gasteiger partial charge in [-0.3, -0.25) is 9.59 Å². The molecule has 3 aromatic rings. The second kappa shape index (κ2) is 12.1. The molecular formula is C26H28ClN3O3S. The number of thiophene rings is 1. The van der Waals surface area contributed by atoms with Crippen molar-refractivity contribution in [1.29, 1.82) is 0 Å². The van der Waals surface area contributed by atoms with E-state index in [-0.39, 0.29) is 11.8 Å². The van der Waals surface area contributed by atoms with E-state index in [1.165, 1.54) is 22.5 Å². The third-order valence-corrected chi connectivity index (χ3v) is 6.93. The fourth-order valence-corrected chi connectivity index (χ4v) is 4.83. The maximum absolute atomic E-state index is 13.2. The molecule has 0 saturated carbocycles. The molecule has 6 nitrogen and oxygen atoms in total. The van der Waals surface area contributed by atoms with Gasteiger partial charge < -0.3 is 20.7 Å². The lowest BCUT2D eigenvalue weighted by atomic mass is 10.0. The highest BCUT2D eigenvalue weighted by atomic mass is 35.5. The van der Waals surface area contributed by atoms with Gasteiger partial charge in [-0.1, -0.05) is 48.0 Å². The fraction of sp³-hybridized carbons (Fsp3) is 0.308. The Morgan fingerprint density at radius 1 is 1.03 bits per heavy atom. The van der Waals surface area contributed by atoms with E-state index in [4.69, 9.17) is 16.3 Å². The number of fused-ring (bicyclic) bond motifs is 1. The number of halogens is 1. The SMILES string of the molecule is O=C(NC(CCOCc1ccccc1)C(=O)Nc1ccc2c(c1)CCNCC2)c1ccc(Cl)s1. The summed E-state index contributed by atoms with van der Waals surface area (Å²) in [5, 5.41) is 9.22. The molecule has 1 aliphatic heterocycles. The van der Waals surface area contributed by atoms with Crippen LogP contribution in [0.1, 0.15) is 32.8 Å². The van der Waals surface area contributed by atoms with Crippen LogP contribution < -0.4 is 16.0 Å². The Morgan fingerprint density at radius 2 is 1.82 bits per heavy atom. The minimum atomic E-state index is -0.746. The van der Waals surface area contributed by atoms with Gasteiger partial charge in [0.25, 0.3) is 5.91 Å². The molecular weight excluding hydrogens is 470 g/mol. The summed E-state index contributed by atoms with van der Waals surface area (Å²) in [5.41, 5.74) is 4.33. The zero-order chi connectivity index (χ0) is 23.8. The van der Waals surface area contributed by atoms with Crippen LogP contribution in [-0.4, -0.2) is 37.6 Å². The monoisotopic (exact) mass is 497 g/mol. The number of amides is 2. The number of nitrogens with one attached hydrogen (secondary N) is 3. The van der Waals surface area contributed by atoms with E-state index in [0.29, 0.717) is 28.8 Å². The van der Waals surface area contributed by atoms with Crippen LogP contribution in [0.15, 0.2) is 60.7 Å². The first-order valence-corrected chi connectivity index (χ1v) is 12.6. The first-order chi connectivity index (χ1) is 16.6. The van der Waals surface area contributed by atoms with Gasteiger partial charge in [-0.05, 0) is 73.3 Å². The molecule has 3 N–H and O–H groups in total. The molecule has 0 fully saturated rings. The van der Waals surface area contributed by atoms with Gasteiger partial charge in [-0.2, -0.15) is 0 Å². The molecule has 0 radical (unpaired) electrons. The molecule has 1 aliphatic rings. The van der Waals surface area contributed by atoms with Gasteiger partial charge in [0.05, 0.1) is 15.8 Å². The molecule has 1 aromatic heterocycles. The number of rotatable bonds is 9. The molecule has 2 aromatic carbocycles. The van der Waals surface area contributed by atoms with E-state index in [0.717, 1.165) is 37.2 Å². The van der Waals surface area contributed by atoms with E-state index in [1.54, 1.807) is 12.1 Å². The molecule has 0 aliphatic carbocycles. The highest BCUT2D eigenvalue weighted by Gasteiger charge is 2.23. The smallest absolute Gasteiger partial charge is 0.262 e. The minimum Gasteiger partial charge on any atom is -0.377 e. The van der Waals surface area contributed by atoms with Gasteiger partial charge in [-0.25, -0.2) is 0 Å². The van der Waals surface area contributed by atoms with E-state index >= 15 is 0 Å². The van der Waals surface area contributed by atoms with Crippen LogP contribution in [-0.2, 0) is 29.0 Å². The van der Waals surface area contributed by atoms with Gasteiger partial charge in [0.1, 0.15) is 6.04 Å². The van der Waals surface area contributed by atoms with Crippen molar-refractivity contribution < 1.29 is 14.3 Å². The second-order valence-electron chi connectivity index (χ2n) is 8.18. The Morgan fingerprint density at radius 3 is 2.59 bits per heavy atom. The van der Waals surface area contributed by atoms with Crippen molar-refractivity contribution in [1.82, 2.24) is 10.6 Å². The van der Waals surface area contributed by atoms with Crippen molar-refractivity contribution in [2.45, 2.75) is 31.9 Å². The number of ether oxygens (including phenoxy) is 1. The van der Waals surface area contributed by atoms with Crippen molar-refractivity contribution in [3.63, 3.8) is 0 Å². The van der Waals surface area contributed by atoms with Gasteiger partial charge in [0, 0.05) is 12.3 Å². The first-order valence-electron chi connectivity index (χ1n) is 11.4. The van der Waals surface area contributed by atoms with Crippen LogP contribution in [0.2, 0.25) is 4.34 Å². The van der Waals surface area contributed by atoms with E-state index < -0.39 is 6.04 Å². The fourth-order valence-electron chi connectivity index (χ4n) is 3.88. The Bertz CT molecular complexity index is 1120. The van der Waals surface area contributed by atoms with E-state index in [2.05, 4.69) is 22.0 Å². The van der Waals surface area contributed by atoms with Crippen molar-refractivity contribution in [2.24, 2.45) is 0 Å². The van der Waals surface area contributed by atoms with Crippen LogP contribution in [0, 0.1) is 0 Å². The maximum Gasteiger partial charge on any atom is 0.262 e. The number of carbonyl (C=O) groups excluding carboxylic acids is 2. The number of hydrogen-bond acceptors (Lipinski definition) is 5. The molecule has 4 rings (SSSR count). The number of carbonyl (C=O) groups is 2. The topological polar surface area (TPSA) is 79.5 Å². The van der Waals surface area contributed by atoms with Crippen LogP contribution in [0.5, 0.6) is 0 Å². The average molecular weight is 498 g/mol. The molecule has 1 atom stereocenters. The van der Waals surface area contributed by atoms with Gasteiger partial charge in [-0.15, -0.1) is 11.3 Å². The van der Waals surface area contributed by atoms with Gasteiger partial charge in [0.15, 0.2) is 0 Å². The standard InChI is InChI=1S/C26H28ClN3O3S/c27-24-9-8-23(34-24)26(32)30-22(12-15-33-17-18-4-2-1-3-5-18)25(31)29-21-7-6-19-10-13-28-14-11-20(19)16-21/h1-9,16,22,28H,10-15,17H2,(H,29,31)(H,30,32). The molecule has 178 valence electrons. The molecule has 0 saturated heterocycles. The van der Waals surface area contributed by atoms with Crippen LogP contribution >= 0.6 is 22.9 Å². The van der Waals surface area contributed by atoms with Crippen LogP contribution in [0.25, 0.3) is 0 Å². The lowest BCUT2D eigenvalue weighted by molar-refractivity contribution is -0.118. The lowest BCUT2D eigenvalue weighted by Crippen LogP contribution is -2.44. The molecule has 8 heteroatoms. The zero-order valence-corrected chi connectivity index (χ0v) is 20.4. The summed E-state index contributed by atoms with van der Waals surface area (Å²) in [7, 11) is 0. The first kappa shape index (κ1) is 24.4. The Hall–Kier alpha value is -2.71. The quantitative estimate of drug-likeness (QED) is 0.382. The average Bonchev–Trinajstić information content (AvgIpc) is 3.15. The van der Waals surface area contributed by atoms with Crippen molar-refractivity contribution >= 4 is 40.4 Å². The summed E-state index contributed by atoms with van der Waals surface area (Å²) in [6, 6.07) is 18.4. The molecule has 2 amide bonds. The Balaban J connectivity index is 1.40. The highest BCUT2D eigenvalue weighted by molar-refractivity contribution is 7.18. The molecule has 0 spiro atoms. The largest absolute Gasteiger partial charge is 0.377 e. The summed E-state index contributed by atoms with van der Waals surface area (Å²) >= 11 is 7.16. The van der Waals surface area contributed by atoms with Crippen molar-refractivity contribution in [2.75, 3.05) is 25.0 Å². The Kier molecular flexibility index (Phi) is 8.71. The summed E-state index contributed by atoms with van der Waals surface area (Å²) in [4.78, 5) is 26.4. The predicted octanol–water partition coefficient (Wildman–Crippen LogP) is 4.43. The van der Waals surface area contributed by atoms with Crippen molar-refractivity contribution in [3.05, 3.63) is 86.6 Å². The van der Waals surface area contributed by atoms with Crippen molar-refractivity contribution in [3.8, 4) is 0 Å². The Labute approximate surface area is 208 Å². The summed E-state index contributed by atoms with van der Waals surface area (Å²) < 4.78 is 6.30. The third-order valence-electron chi connectivity index (χ3n) is 5.70. The number of anilines is 1. The predicted molar refractivity (Wildman–Crippen MR) is 137 cm³/mol. The molecule has 1 unspecified atom stereocenters. The van der Waals surface area contributed by atoms with Gasteiger partial charge >= 0.3 is 0 Å². The van der Waals surface area contributed by atoms with Crippen LogP contribution in [0.3, 0.4) is 0 Å². The minimum absolute atomic E-state index is 0.272. The summed E-state index contributed by atoms with van der Waals surface area (Å²) in [6.45, 7) is 2.66. The molecule has 0 bridgehead atoms. The maximum atomic E-state index is 13.2. The third kappa shape index (κ3) is 6.90. The van der Waals surface area contributed by atoms with Gasteiger partial charge in [0.2, 0.25) is 5.91 Å². The molecule has 2 heterocycles. The molecule has 34 heavy (non-hydrogen) atoms. The summed E-state index contributed by atoms with van der Waals surface area (Å²) in [6.07, 6.45) is 2.24. The zero-order valence-electron chi connectivity index (χ0n) is 18.8. The summed E-state index contributed by atoms with van der Waals surface area (Å²) in [5.74, 6) is -0.598. The number of benzene rings is 2. The van der Waals surface area contributed by atoms with E-state index in [9.17, 15) is 9.59 Å². The normalized spacial score (nSPS) is 14.0. The lowest BCUT2D eigenvalue weighted by Gasteiger charge is -2.19. The van der Waals surface area contributed by atoms with Crippen LogP contribution in [0.4, 0.5) is 5.69 Å². The number of hydrogen-bond donors (Lipinski definition) is 3. The van der Waals surface area contributed by atoms with E-state index in [1.807, 2.05) is 42.5 Å². The second-order valence-corrected chi connectivity index (χ2v) is 9.89.